The molecule has 18 heavy (non-hydrogen) atoms. The molecule has 2 rings (SSSR count). The van der Waals surface area contributed by atoms with E-state index >= 15 is 0 Å². The van der Waals surface area contributed by atoms with E-state index in [4.69, 9.17) is 17.3 Å². The van der Waals surface area contributed by atoms with Crippen molar-refractivity contribution < 1.29 is 0 Å². The van der Waals surface area contributed by atoms with Gasteiger partial charge in [-0.25, -0.2) is 0 Å². The SMILES string of the molecule is Cl.NCC1CCN(Cc2cc(Br)ccc2Cl)CC1. The van der Waals surface area contributed by atoms with Crippen molar-refractivity contribution in [2.45, 2.75) is 19.4 Å². The van der Waals surface area contributed by atoms with Gasteiger partial charge in [0.05, 0.1) is 0 Å². The van der Waals surface area contributed by atoms with Crippen molar-refractivity contribution in [2.75, 3.05) is 19.6 Å². The van der Waals surface area contributed by atoms with Gasteiger partial charge in [-0.3, -0.25) is 4.90 Å². The quantitative estimate of drug-likeness (QED) is 0.897. The number of hydrogen-bond acceptors (Lipinski definition) is 2. The van der Waals surface area contributed by atoms with Gasteiger partial charge in [0, 0.05) is 16.0 Å². The summed E-state index contributed by atoms with van der Waals surface area (Å²) in [6, 6.07) is 6.04. The van der Waals surface area contributed by atoms with Crippen molar-refractivity contribution in [3.8, 4) is 0 Å². The van der Waals surface area contributed by atoms with E-state index in [1.807, 2.05) is 12.1 Å². The molecule has 0 aromatic heterocycles. The van der Waals surface area contributed by atoms with Crippen molar-refractivity contribution in [1.29, 1.82) is 0 Å². The third kappa shape index (κ3) is 4.39. The van der Waals surface area contributed by atoms with Crippen LogP contribution < -0.4 is 5.73 Å². The second kappa shape index (κ2) is 7.71. The van der Waals surface area contributed by atoms with Gasteiger partial charge in [-0.15, -0.1) is 12.4 Å². The van der Waals surface area contributed by atoms with Crippen LogP contribution in [0.5, 0.6) is 0 Å². The zero-order valence-corrected chi connectivity index (χ0v) is 13.4. The smallest absolute Gasteiger partial charge is 0.0451 e. The van der Waals surface area contributed by atoms with Gasteiger partial charge in [0.1, 0.15) is 0 Å². The van der Waals surface area contributed by atoms with E-state index in [-0.39, 0.29) is 12.4 Å². The minimum atomic E-state index is 0. The highest BCUT2D eigenvalue weighted by atomic mass is 79.9. The number of piperidine rings is 1. The summed E-state index contributed by atoms with van der Waals surface area (Å²) in [5.74, 6) is 0.712. The Bertz CT molecular complexity index is 379. The fourth-order valence-corrected chi connectivity index (χ4v) is 2.87. The lowest BCUT2D eigenvalue weighted by Gasteiger charge is -2.31. The van der Waals surface area contributed by atoms with Gasteiger partial charge in [-0.05, 0) is 62.2 Å². The number of halogens is 3. The normalized spacial score (nSPS) is 17.5. The molecule has 0 spiro atoms. The second-order valence-corrected chi connectivity index (χ2v) is 6.01. The average Bonchev–Trinajstić information content (AvgIpc) is 2.35. The van der Waals surface area contributed by atoms with Crippen LogP contribution >= 0.6 is 39.9 Å². The Morgan fingerprint density at radius 1 is 1.33 bits per heavy atom. The van der Waals surface area contributed by atoms with Gasteiger partial charge in [0.2, 0.25) is 0 Å². The first kappa shape index (κ1) is 16.3. The lowest BCUT2D eigenvalue weighted by Crippen LogP contribution is -2.35. The third-order valence-electron chi connectivity index (χ3n) is 3.44. The highest BCUT2D eigenvalue weighted by Crippen LogP contribution is 2.24. The summed E-state index contributed by atoms with van der Waals surface area (Å²) in [5, 5.41) is 0.856. The van der Waals surface area contributed by atoms with Crippen LogP contribution in [-0.4, -0.2) is 24.5 Å². The number of benzene rings is 1. The first-order valence-electron chi connectivity index (χ1n) is 6.05. The van der Waals surface area contributed by atoms with Crippen LogP contribution in [0.1, 0.15) is 18.4 Å². The molecule has 1 aliphatic heterocycles. The molecule has 0 unspecified atom stereocenters. The van der Waals surface area contributed by atoms with E-state index in [1.165, 1.54) is 18.4 Å². The maximum absolute atomic E-state index is 6.20. The molecular formula is C13H19BrCl2N2. The topological polar surface area (TPSA) is 29.3 Å². The molecule has 0 aliphatic carbocycles. The summed E-state index contributed by atoms with van der Waals surface area (Å²) in [6.45, 7) is 4.02. The Kier molecular flexibility index (Phi) is 6.96. The molecule has 2 N–H and O–H groups in total. The van der Waals surface area contributed by atoms with Crippen LogP contribution in [0, 0.1) is 5.92 Å². The molecule has 1 aliphatic rings. The Balaban J connectivity index is 0.00000162. The Morgan fingerprint density at radius 3 is 2.61 bits per heavy atom. The van der Waals surface area contributed by atoms with Gasteiger partial charge >= 0.3 is 0 Å². The van der Waals surface area contributed by atoms with Gasteiger partial charge in [-0.2, -0.15) is 0 Å². The maximum atomic E-state index is 6.20. The number of hydrogen-bond donors (Lipinski definition) is 1. The molecule has 1 fully saturated rings. The highest BCUT2D eigenvalue weighted by molar-refractivity contribution is 9.10. The molecular weight excluding hydrogens is 335 g/mol. The fourth-order valence-electron chi connectivity index (χ4n) is 2.29. The third-order valence-corrected chi connectivity index (χ3v) is 4.30. The zero-order chi connectivity index (χ0) is 12.3. The lowest BCUT2D eigenvalue weighted by molar-refractivity contribution is 0.180. The van der Waals surface area contributed by atoms with Crippen molar-refractivity contribution >= 4 is 39.9 Å². The van der Waals surface area contributed by atoms with Gasteiger partial charge < -0.3 is 5.73 Å². The molecule has 0 amide bonds. The number of nitrogens with two attached hydrogens (primary N) is 1. The summed E-state index contributed by atoms with van der Waals surface area (Å²) in [4.78, 5) is 2.46. The maximum Gasteiger partial charge on any atom is 0.0451 e. The van der Waals surface area contributed by atoms with Crippen molar-refractivity contribution in [3.63, 3.8) is 0 Å². The molecule has 102 valence electrons. The zero-order valence-electron chi connectivity index (χ0n) is 10.2. The number of nitrogens with zero attached hydrogens (tertiary/aromatic N) is 1. The minimum absolute atomic E-state index is 0. The van der Waals surface area contributed by atoms with Crippen LogP contribution in [0.3, 0.4) is 0 Å². The monoisotopic (exact) mass is 352 g/mol. The summed E-state index contributed by atoms with van der Waals surface area (Å²) >= 11 is 9.69. The first-order valence-corrected chi connectivity index (χ1v) is 7.22. The minimum Gasteiger partial charge on any atom is -0.330 e. The largest absolute Gasteiger partial charge is 0.330 e. The van der Waals surface area contributed by atoms with Gasteiger partial charge in [0.25, 0.3) is 0 Å². The first-order chi connectivity index (χ1) is 8.19. The van der Waals surface area contributed by atoms with E-state index < -0.39 is 0 Å². The molecule has 5 heteroatoms. The van der Waals surface area contributed by atoms with Crippen molar-refractivity contribution in [3.05, 3.63) is 33.3 Å². The van der Waals surface area contributed by atoms with E-state index in [0.29, 0.717) is 5.92 Å². The lowest BCUT2D eigenvalue weighted by atomic mass is 9.97. The molecule has 1 aromatic rings. The highest BCUT2D eigenvalue weighted by Gasteiger charge is 2.18. The van der Waals surface area contributed by atoms with Crippen molar-refractivity contribution in [1.82, 2.24) is 4.90 Å². The van der Waals surface area contributed by atoms with Crippen LogP contribution in [0.4, 0.5) is 0 Å². The molecule has 1 heterocycles. The number of rotatable bonds is 3. The predicted molar refractivity (Wildman–Crippen MR) is 83.5 cm³/mol. The molecule has 0 radical (unpaired) electrons. The summed E-state index contributed by atoms with van der Waals surface area (Å²) < 4.78 is 1.09. The van der Waals surface area contributed by atoms with Crippen LogP contribution in [0.2, 0.25) is 5.02 Å². The number of likely N-dealkylation sites (tertiary alicyclic amines) is 1. The van der Waals surface area contributed by atoms with Gasteiger partial charge in [0.15, 0.2) is 0 Å². The summed E-state index contributed by atoms with van der Waals surface area (Å²) in [5.41, 5.74) is 6.90. The fraction of sp³-hybridized carbons (Fsp3) is 0.538. The van der Waals surface area contributed by atoms with Crippen LogP contribution in [-0.2, 0) is 6.54 Å². The van der Waals surface area contributed by atoms with E-state index in [9.17, 15) is 0 Å². The molecule has 0 bridgehead atoms. The molecule has 1 aromatic carbocycles. The van der Waals surface area contributed by atoms with Crippen LogP contribution in [0.15, 0.2) is 22.7 Å². The second-order valence-electron chi connectivity index (χ2n) is 4.69. The Hall–Kier alpha value is 0.200. The van der Waals surface area contributed by atoms with E-state index in [2.05, 4.69) is 26.9 Å². The average molecular weight is 354 g/mol. The van der Waals surface area contributed by atoms with Crippen LogP contribution in [0.25, 0.3) is 0 Å². The molecule has 0 saturated carbocycles. The summed E-state index contributed by atoms with van der Waals surface area (Å²) in [7, 11) is 0. The molecule has 2 nitrogen and oxygen atoms in total. The van der Waals surface area contributed by atoms with Crippen molar-refractivity contribution in [2.24, 2.45) is 11.7 Å². The Labute approximate surface area is 128 Å². The van der Waals surface area contributed by atoms with E-state index in [0.717, 1.165) is 35.7 Å². The predicted octanol–water partition coefficient (Wildman–Crippen LogP) is 3.70. The Morgan fingerprint density at radius 2 is 2.00 bits per heavy atom. The van der Waals surface area contributed by atoms with Gasteiger partial charge in [-0.1, -0.05) is 27.5 Å². The summed E-state index contributed by atoms with van der Waals surface area (Å²) in [6.07, 6.45) is 2.42. The molecule has 1 saturated heterocycles. The van der Waals surface area contributed by atoms with E-state index in [1.54, 1.807) is 0 Å². The standard InChI is InChI=1S/C13H18BrClN2.ClH/c14-12-1-2-13(15)11(7-12)9-17-5-3-10(8-16)4-6-17;/h1-2,7,10H,3-6,8-9,16H2;1H. The molecule has 0 atom stereocenters.